The first-order valence-electron chi connectivity index (χ1n) is 13.0. The minimum Gasteiger partial charge on any atom is -0.427 e. The van der Waals surface area contributed by atoms with Crippen LogP contribution >= 0.6 is 0 Å². The third-order valence-electron chi connectivity index (χ3n) is 7.05. The molecule has 39 heavy (non-hydrogen) atoms. The van der Waals surface area contributed by atoms with E-state index in [-0.39, 0.29) is 0 Å². The summed E-state index contributed by atoms with van der Waals surface area (Å²) in [6.45, 7) is 7.24. The minimum absolute atomic E-state index is 0.630. The van der Waals surface area contributed by atoms with E-state index in [1.165, 1.54) is 0 Å². The number of nitrogens with zero attached hydrogens (tertiary/aromatic N) is 3. The van der Waals surface area contributed by atoms with Crippen LogP contribution in [0.25, 0.3) is 45.3 Å². The second-order valence-corrected chi connectivity index (χ2v) is 10.5. The van der Waals surface area contributed by atoms with Gasteiger partial charge in [-0.3, -0.25) is 0 Å². The number of hydrogen-bond donors (Lipinski definition) is 1. The van der Waals surface area contributed by atoms with E-state index in [0.29, 0.717) is 17.5 Å². The van der Waals surface area contributed by atoms with E-state index < -0.39 is 11.2 Å². The monoisotopic (exact) mass is 512 g/mol. The van der Waals surface area contributed by atoms with E-state index in [9.17, 15) is 5.11 Å². The number of benzene rings is 4. The van der Waals surface area contributed by atoms with Crippen molar-refractivity contribution in [3.63, 3.8) is 0 Å². The molecule has 5 nitrogen and oxygen atoms in total. The normalized spacial score (nSPS) is 11.8. The second-order valence-electron chi connectivity index (χ2n) is 10.5. The molecule has 1 N–H and O–H groups in total. The highest BCUT2D eigenvalue weighted by atomic mass is 16.5. The van der Waals surface area contributed by atoms with E-state index in [2.05, 4.69) is 24.3 Å². The molecule has 5 aromatic rings. The maximum absolute atomic E-state index is 10.3. The Labute approximate surface area is 230 Å². The average Bonchev–Trinajstić information content (AvgIpc) is 2.97. The van der Waals surface area contributed by atoms with E-state index in [1.807, 2.05) is 98.8 Å². The summed E-state index contributed by atoms with van der Waals surface area (Å²) in [6, 6.07) is 36.3. The first-order valence-corrected chi connectivity index (χ1v) is 13.0. The zero-order chi connectivity index (χ0) is 27.5. The van der Waals surface area contributed by atoms with Gasteiger partial charge in [0.2, 0.25) is 0 Å². The first kappa shape index (κ1) is 26.5. The summed E-state index contributed by atoms with van der Waals surface area (Å²) < 4.78 is 5.88. The van der Waals surface area contributed by atoms with Gasteiger partial charge in [0.05, 0.1) is 11.2 Å². The van der Waals surface area contributed by atoms with E-state index in [1.54, 1.807) is 21.3 Å². The number of rotatable bonds is 8. The summed E-state index contributed by atoms with van der Waals surface area (Å²) in [4.78, 5) is 14.4. The van der Waals surface area contributed by atoms with Gasteiger partial charge in [0.1, 0.15) is 0 Å². The third kappa shape index (κ3) is 6.14. The van der Waals surface area contributed by atoms with Gasteiger partial charge in [-0.25, -0.2) is 15.0 Å². The Bertz CT molecular complexity index is 1470. The third-order valence-corrected chi connectivity index (χ3v) is 7.05. The van der Waals surface area contributed by atoms with Gasteiger partial charge < -0.3 is 9.76 Å². The Kier molecular flexibility index (Phi) is 7.42. The molecule has 6 heteroatoms. The molecule has 5 rings (SSSR count). The summed E-state index contributed by atoms with van der Waals surface area (Å²) in [7, 11) is 1.69. The fraction of sp³-hybridized carbons (Fsp3) is 0.182. The van der Waals surface area contributed by atoms with Crippen molar-refractivity contribution < 1.29 is 9.76 Å². The number of aromatic nitrogens is 3. The quantitative estimate of drug-likeness (QED) is 0.246. The van der Waals surface area contributed by atoms with Gasteiger partial charge in [-0.1, -0.05) is 115 Å². The van der Waals surface area contributed by atoms with Crippen molar-refractivity contribution in [1.29, 1.82) is 0 Å². The van der Waals surface area contributed by atoms with Crippen LogP contribution in [0, 0.1) is 0 Å². The van der Waals surface area contributed by atoms with E-state index in [0.717, 1.165) is 33.3 Å². The molecule has 0 atom stereocenters. The predicted octanol–water partition coefficient (Wildman–Crippen LogP) is 6.35. The zero-order valence-corrected chi connectivity index (χ0v) is 22.7. The molecule has 0 aliphatic rings. The fourth-order valence-corrected chi connectivity index (χ4v) is 3.86. The van der Waals surface area contributed by atoms with Crippen LogP contribution in [0.3, 0.4) is 0 Å². The van der Waals surface area contributed by atoms with Crippen molar-refractivity contribution in [1.82, 2.24) is 15.0 Å². The maximum atomic E-state index is 10.3. The Morgan fingerprint density at radius 2 is 0.872 bits per heavy atom. The average molecular weight is 512 g/mol. The van der Waals surface area contributed by atoms with Crippen molar-refractivity contribution in [2.24, 2.45) is 0 Å². The van der Waals surface area contributed by atoms with Crippen molar-refractivity contribution in [2.45, 2.75) is 38.9 Å². The van der Waals surface area contributed by atoms with Crippen LogP contribution in [0.2, 0.25) is 0 Å². The van der Waals surface area contributed by atoms with Gasteiger partial charge in [-0.2, -0.15) is 0 Å². The summed E-state index contributed by atoms with van der Waals surface area (Å²) in [6.07, 6.45) is 0. The van der Waals surface area contributed by atoms with Crippen molar-refractivity contribution in [3.05, 3.63) is 109 Å². The molecule has 0 aliphatic carbocycles. The summed E-state index contributed by atoms with van der Waals surface area (Å²) in [5.41, 5.74) is 4.24. The van der Waals surface area contributed by atoms with Crippen molar-refractivity contribution >= 4 is 12.9 Å². The topological polar surface area (TPSA) is 68.1 Å². The fourth-order valence-electron chi connectivity index (χ4n) is 3.86. The highest BCUT2D eigenvalue weighted by Gasteiger charge is 2.35. The molecule has 0 fully saturated rings. The van der Waals surface area contributed by atoms with E-state index >= 15 is 0 Å². The molecule has 4 aromatic carbocycles. The number of hydrogen-bond acceptors (Lipinski definition) is 5. The smallest absolute Gasteiger partial charge is 0.330 e. The summed E-state index contributed by atoms with van der Waals surface area (Å²) in [5.74, 6) is 1.92. The van der Waals surface area contributed by atoms with Gasteiger partial charge >= 0.3 is 7.48 Å². The molecule has 0 unspecified atom stereocenters. The molecular weight excluding hydrogens is 481 g/mol. The lowest BCUT2D eigenvalue weighted by atomic mass is 9.82. The lowest BCUT2D eigenvalue weighted by molar-refractivity contribution is -0.0893. The van der Waals surface area contributed by atoms with Gasteiger partial charge in [0.25, 0.3) is 0 Å². The molecule has 0 saturated carbocycles. The van der Waals surface area contributed by atoms with Crippen LogP contribution in [0.5, 0.6) is 0 Å². The van der Waals surface area contributed by atoms with Crippen LogP contribution in [0.4, 0.5) is 0 Å². The molecule has 0 aliphatic heterocycles. The molecular formula is C33H31BN3O2. The molecule has 193 valence electrons. The molecule has 0 saturated heterocycles. The Hall–Kier alpha value is -4.13. The van der Waals surface area contributed by atoms with Gasteiger partial charge in [0, 0.05) is 16.7 Å². The summed E-state index contributed by atoms with van der Waals surface area (Å²) in [5, 5.41) is 10.3. The molecule has 1 aromatic heterocycles. The SMILES string of the molecule is CC(C)(O)C(C)(C)O[B]c1ccc(-c2ccc(-c3nc(-c4ccccc4)nc(-c4ccccc4)n3)cc2)cc1. The second kappa shape index (κ2) is 10.9. The van der Waals surface area contributed by atoms with Gasteiger partial charge in [-0.15, -0.1) is 0 Å². The highest BCUT2D eigenvalue weighted by molar-refractivity contribution is 6.47. The van der Waals surface area contributed by atoms with Crippen molar-refractivity contribution in [2.75, 3.05) is 0 Å². The lowest BCUT2D eigenvalue weighted by Crippen LogP contribution is -2.49. The zero-order valence-electron chi connectivity index (χ0n) is 22.7. The standard InChI is InChI=1S/C33H31BN3O2/c1-32(2,38)33(3,4)39-34-28-21-19-24(20-22-28)23-15-17-27(18-16-23)31-36-29(25-11-7-5-8-12-25)35-30(37-31)26-13-9-6-10-14-26/h5-22,38H,1-4H3. The van der Waals surface area contributed by atoms with Crippen LogP contribution in [-0.2, 0) is 4.65 Å². The van der Waals surface area contributed by atoms with Crippen molar-refractivity contribution in [3.8, 4) is 45.3 Å². The maximum Gasteiger partial charge on any atom is 0.330 e. The molecule has 0 amide bonds. The van der Waals surface area contributed by atoms with Gasteiger partial charge in [0.15, 0.2) is 17.5 Å². The summed E-state index contributed by atoms with van der Waals surface area (Å²) >= 11 is 0. The van der Waals surface area contributed by atoms with Crippen LogP contribution in [-0.4, -0.2) is 38.7 Å². The Morgan fingerprint density at radius 3 is 1.28 bits per heavy atom. The lowest BCUT2D eigenvalue weighted by Gasteiger charge is -2.37. The predicted molar refractivity (Wildman–Crippen MR) is 158 cm³/mol. The Morgan fingerprint density at radius 1 is 0.513 bits per heavy atom. The molecule has 0 spiro atoms. The Balaban J connectivity index is 1.39. The van der Waals surface area contributed by atoms with Crippen LogP contribution in [0.1, 0.15) is 27.7 Å². The van der Waals surface area contributed by atoms with Gasteiger partial charge in [-0.05, 0) is 38.8 Å². The molecule has 1 radical (unpaired) electrons. The molecule has 0 bridgehead atoms. The highest BCUT2D eigenvalue weighted by Crippen LogP contribution is 2.27. The van der Waals surface area contributed by atoms with Crippen LogP contribution in [0.15, 0.2) is 109 Å². The van der Waals surface area contributed by atoms with Crippen LogP contribution < -0.4 is 5.46 Å². The first-order chi connectivity index (χ1) is 18.7. The minimum atomic E-state index is -0.965. The number of aliphatic hydroxyl groups is 1. The van der Waals surface area contributed by atoms with E-state index in [4.69, 9.17) is 19.6 Å². The largest absolute Gasteiger partial charge is 0.427 e. The molecule has 1 heterocycles.